The largest absolute Gasteiger partial charge is 0.378 e. The van der Waals surface area contributed by atoms with E-state index in [1.54, 1.807) is 5.57 Å². The lowest BCUT2D eigenvalue weighted by atomic mass is 9.47. The van der Waals surface area contributed by atoms with Gasteiger partial charge in [-0.3, -0.25) is 0 Å². The maximum absolute atomic E-state index is 6.39. The Morgan fingerprint density at radius 2 is 1.74 bits per heavy atom. The molecule has 0 aliphatic heterocycles. The number of hydrogen-bond donors (Lipinski definition) is 0. The van der Waals surface area contributed by atoms with Crippen molar-refractivity contribution in [2.75, 3.05) is 6.61 Å². The zero-order chi connectivity index (χ0) is 24.3. The summed E-state index contributed by atoms with van der Waals surface area (Å²) in [4.78, 5) is 0. The summed E-state index contributed by atoms with van der Waals surface area (Å²) in [6, 6.07) is 0. The van der Waals surface area contributed by atoms with E-state index in [1.165, 1.54) is 96.3 Å². The number of rotatable bonds is 11. The molecule has 0 heterocycles. The van der Waals surface area contributed by atoms with E-state index in [1.807, 2.05) is 0 Å². The van der Waals surface area contributed by atoms with Gasteiger partial charge in [0.15, 0.2) is 0 Å². The third-order valence-corrected chi connectivity index (χ3v) is 11.6. The van der Waals surface area contributed by atoms with Crippen LogP contribution in [0.25, 0.3) is 0 Å². The van der Waals surface area contributed by atoms with Gasteiger partial charge in [0.25, 0.3) is 0 Å². The van der Waals surface area contributed by atoms with Crippen molar-refractivity contribution in [2.24, 2.45) is 46.3 Å². The van der Waals surface area contributed by atoms with Gasteiger partial charge in [-0.15, -0.1) is 0 Å². The van der Waals surface area contributed by atoms with Crippen LogP contribution in [0.4, 0.5) is 0 Å². The molecule has 4 unspecified atom stereocenters. The van der Waals surface area contributed by atoms with Gasteiger partial charge in [0.1, 0.15) is 0 Å². The molecule has 0 aromatic rings. The average Bonchev–Trinajstić information content (AvgIpc) is 3.16. The van der Waals surface area contributed by atoms with Crippen LogP contribution in [0.1, 0.15) is 138 Å². The summed E-state index contributed by atoms with van der Waals surface area (Å²) in [6.07, 6.45) is 24.1. The molecule has 196 valence electrons. The molecule has 3 saturated carbocycles. The van der Waals surface area contributed by atoms with Crippen molar-refractivity contribution in [2.45, 2.75) is 144 Å². The quantitative estimate of drug-likeness (QED) is 0.215. The van der Waals surface area contributed by atoms with E-state index >= 15 is 0 Å². The van der Waals surface area contributed by atoms with Crippen molar-refractivity contribution in [1.29, 1.82) is 0 Å². The standard InChI is InChI=1S/C33H58O/c1-7-8-9-10-22-34-27-18-20-32(5)26(23-27)14-15-28-30-17-16-29(25(4)13-11-12-24(2)3)33(30,6)21-19-31(28)32/h14,24-25,27-31H,7-13,15-23H2,1-6H3/t25-,27?,28?,29-,30?,31?,32+,33-/m1/s1. The second-order valence-electron chi connectivity index (χ2n) is 14.1. The molecule has 0 N–H and O–H groups in total. The summed E-state index contributed by atoms with van der Waals surface area (Å²) in [5.41, 5.74) is 2.87. The third-order valence-electron chi connectivity index (χ3n) is 11.6. The SMILES string of the molecule is CCCCCCOC1CC[C@@]2(C)C(=CCC3C2CC[C@@]2(C)C3CC[C@@H]2[C@H](C)CCCC(C)C)C1. The van der Waals surface area contributed by atoms with E-state index in [9.17, 15) is 0 Å². The first-order valence-corrected chi connectivity index (χ1v) is 15.6. The highest BCUT2D eigenvalue weighted by Crippen LogP contribution is 2.67. The second-order valence-corrected chi connectivity index (χ2v) is 14.1. The summed E-state index contributed by atoms with van der Waals surface area (Å²) < 4.78 is 6.39. The van der Waals surface area contributed by atoms with Gasteiger partial charge in [-0.2, -0.15) is 0 Å². The van der Waals surface area contributed by atoms with E-state index in [0.29, 0.717) is 16.9 Å². The van der Waals surface area contributed by atoms with E-state index in [4.69, 9.17) is 4.74 Å². The highest BCUT2D eigenvalue weighted by molar-refractivity contribution is 5.25. The second kappa shape index (κ2) is 11.4. The smallest absolute Gasteiger partial charge is 0.0612 e. The minimum atomic E-state index is 0.466. The maximum Gasteiger partial charge on any atom is 0.0612 e. The van der Waals surface area contributed by atoms with Crippen LogP contribution < -0.4 is 0 Å². The van der Waals surface area contributed by atoms with E-state index in [-0.39, 0.29) is 0 Å². The predicted molar refractivity (Wildman–Crippen MR) is 147 cm³/mol. The monoisotopic (exact) mass is 470 g/mol. The fourth-order valence-corrected chi connectivity index (χ4v) is 9.57. The lowest BCUT2D eigenvalue weighted by Gasteiger charge is -2.58. The number of unbranched alkanes of at least 4 members (excludes halogenated alkanes) is 3. The Morgan fingerprint density at radius 1 is 0.912 bits per heavy atom. The highest BCUT2D eigenvalue weighted by Gasteiger charge is 2.59. The molecule has 0 bridgehead atoms. The molecule has 3 fully saturated rings. The molecule has 0 radical (unpaired) electrons. The van der Waals surface area contributed by atoms with Gasteiger partial charge >= 0.3 is 0 Å². The third kappa shape index (κ3) is 5.35. The Hall–Kier alpha value is -0.300. The van der Waals surface area contributed by atoms with Crippen LogP contribution >= 0.6 is 0 Å². The Bertz CT molecular complexity index is 678. The van der Waals surface area contributed by atoms with Crippen LogP contribution in [0, 0.1) is 46.3 Å². The molecule has 0 aromatic carbocycles. The molecule has 8 atom stereocenters. The zero-order valence-corrected chi connectivity index (χ0v) is 23.8. The van der Waals surface area contributed by atoms with E-state index in [0.717, 1.165) is 42.1 Å². The fourth-order valence-electron chi connectivity index (χ4n) is 9.57. The van der Waals surface area contributed by atoms with Crippen LogP contribution in [0.5, 0.6) is 0 Å². The van der Waals surface area contributed by atoms with Crippen molar-refractivity contribution in [1.82, 2.24) is 0 Å². The van der Waals surface area contributed by atoms with E-state index < -0.39 is 0 Å². The van der Waals surface area contributed by atoms with Gasteiger partial charge in [0, 0.05) is 6.61 Å². The first-order chi connectivity index (χ1) is 16.3. The summed E-state index contributed by atoms with van der Waals surface area (Å²) in [5.74, 6) is 5.62. The molecule has 34 heavy (non-hydrogen) atoms. The van der Waals surface area contributed by atoms with Crippen LogP contribution in [0.15, 0.2) is 11.6 Å². The number of allylic oxidation sites excluding steroid dienone is 1. The lowest BCUT2D eigenvalue weighted by molar-refractivity contribution is -0.0641. The van der Waals surface area contributed by atoms with Crippen LogP contribution in [-0.4, -0.2) is 12.7 Å². The lowest BCUT2D eigenvalue weighted by Crippen LogP contribution is -2.51. The first kappa shape index (κ1) is 26.8. The molecule has 4 rings (SSSR count). The summed E-state index contributed by atoms with van der Waals surface area (Å²) in [5, 5.41) is 0. The number of ether oxygens (including phenoxy) is 1. The highest BCUT2D eigenvalue weighted by atomic mass is 16.5. The topological polar surface area (TPSA) is 9.23 Å². The average molecular weight is 471 g/mol. The molecular weight excluding hydrogens is 412 g/mol. The van der Waals surface area contributed by atoms with Gasteiger partial charge in [-0.25, -0.2) is 0 Å². The normalized spacial score (nSPS) is 40.4. The molecule has 1 heteroatoms. The van der Waals surface area contributed by atoms with Gasteiger partial charge < -0.3 is 4.74 Å². The molecule has 0 aromatic heterocycles. The summed E-state index contributed by atoms with van der Waals surface area (Å²) >= 11 is 0. The van der Waals surface area contributed by atoms with Crippen molar-refractivity contribution in [3.05, 3.63) is 11.6 Å². The van der Waals surface area contributed by atoms with E-state index in [2.05, 4.69) is 47.6 Å². The molecule has 0 saturated heterocycles. The Labute approximate surface area is 213 Å². The van der Waals surface area contributed by atoms with Crippen LogP contribution in [0.2, 0.25) is 0 Å². The van der Waals surface area contributed by atoms with Gasteiger partial charge in [-0.1, -0.05) is 91.7 Å². The minimum Gasteiger partial charge on any atom is -0.378 e. The van der Waals surface area contributed by atoms with Crippen molar-refractivity contribution in [3.8, 4) is 0 Å². The maximum atomic E-state index is 6.39. The van der Waals surface area contributed by atoms with Gasteiger partial charge in [0.2, 0.25) is 0 Å². The Morgan fingerprint density at radius 3 is 2.50 bits per heavy atom. The van der Waals surface area contributed by atoms with Crippen molar-refractivity contribution in [3.63, 3.8) is 0 Å². The minimum absolute atomic E-state index is 0.466. The molecule has 4 aliphatic carbocycles. The van der Waals surface area contributed by atoms with Gasteiger partial charge in [0.05, 0.1) is 6.10 Å². The molecule has 4 aliphatic rings. The Kier molecular flexibility index (Phi) is 8.97. The van der Waals surface area contributed by atoms with Gasteiger partial charge in [-0.05, 0) is 104 Å². The molecule has 1 nitrogen and oxygen atoms in total. The van der Waals surface area contributed by atoms with Crippen LogP contribution in [0.3, 0.4) is 0 Å². The van der Waals surface area contributed by atoms with Crippen LogP contribution in [-0.2, 0) is 4.74 Å². The fraction of sp³-hybridized carbons (Fsp3) is 0.939. The Balaban J connectivity index is 1.37. The van der Waals surface area contributed by atoms with Crippen molar-refractivity contribution >= 4 is 0 Å². The number of fused-ring (bicyclic) bond motifs is 5. The molecule has 0 amide bonds. The van der Waals surface area contributed by atoms with Crippen molar-refractivity contribution < 1.29 is 4.74 Å². The molecule has 0 spiro atoms. The first-order valence-electron chi connectivity index (χ1n) is 15.6. The molecular formula is C33H58O. The number of hydrogen-bond acceptors (Lipinski definition) is 1. The zero-order valence-electron chi connectivity index (χ0n) is 23.8. The summed E-state index contributed by atoms with van der Waals surface area (Å²) in [7, 11) is 0. The summed E-state index contributed by atoms with van der Waals surface area (Å²) in [6.45, 7) is 16.0. The predicted octanol–water partition coefficient (Wildman–Crippen LogP) is 9.99.